The highest BCUT2D eigenvalue weighted by Gasteiger charge is 2.13. The van der Waals surface area contributed by atoms with Crippen molar-refractivity contribution in [2.24, 2.45) is 0 Å². The molecule has 7 rings (SSSR count). The molecule has 0 unspecified atom stereocenters. The number of pyridine rings is 1. The number of para-hydroxylation sites is 3. The molecule has 30 heavy (non-hydrogen) atoms. The third-order valence-corrected chi connectivity index (χ3v) is 6.16. The monoisotopic (exact) mass is 383 g/mol. The van der Waals surface area contributed by atoms with Gasteiger partial charge >= 0.3 is 0 Å². The summed E-state index contributed by atoms with van der Waals surface area (Å²) >= 11 is 0. The maximum absolute atomic E-state index is 4.50. The van der Waals surface area contributed by atoms with Gasteiger partial charge in [-0.25, -0.2) is 0 Å². The minimum atomic E-state index is 1.11. The summed E-state index contributed by atoms with van der Waals surface area (Å²) in [5, 5.41) is 4.86. The second-order valence-electron chi connectivity index (χ2n) is 7.76. The Morgan fingerprint density at radius 3 is 1.70 bits per heavy atom. The molecule has 0 amide bonds. The molecule has 0 aliphatic carbocycles. The number of nitrogens with zero attached hydrogens (tertiary/aromatic N) is 3. The molecule has 7 aromatic rings. The van der Waals surface area contributed by atoms with Gasteiger partial charge in [-0.15, -0.1) is 0 Å². The standard InChI is InChI=1S/C27H17N3/c1-4-10-22-18(7-1)15-25-26-16-19-8-2-5-11-23(19)30(26)27-17-28-14-13-21(27)20-9-3-6-12-24(20)29(22)25/h1-17H. The summed E-state index contributed by atoms with van der Waals surface area (Å²) in [4.78, 5) is 4.50. The highest BCUT2D eigenvalue weighted by Crippen LogP contribution is 2.33. The lowest BCUT2D eigenvalue weighted by Crippen LogP contribution is -1.93. The Balaban J connectivity index is 1.99. The van der Waals surface area contributed by atoms with Gasteiger partial charge < -0.3 is 8.80 Å². The van der Waals surface area contributed by atoms with Crippen molar-refractivity contribution in [3.05, 3.63) is 103 Å². The summed E-state index contributed by atoms with van der Waals surface area (Å²) < 4.78 is 4.76. The summed E-state index contributed by atoms with van der Waals surface area (Å²) in [5.74, 6) is 0. The van der Waals surface area contributed by atoms with Crippen molar-refractivity contribution in [3.63, 3.8) is 0 Å². The molecule has 3 heteroatoms. The van der Waals surface area contributed by atoms with E-state index in [1.54, 1.807) is 0 Å². The molecule has 0 radical (unpaired) electrons. The Bertz CT molecular complexity index is 1670. The summed E-state index contributed by atoms with van der Waals surface area (Å²) in [6.45, 7) is 0. The van der Waals surface area contributed by atoms with Crippen LogP contribution in [0, 0.1) is 0 Å². The van der Waals surface area contributed by atoms with Crippen LogP contribution in [-0.2, 0) is 0 Å². The molecule has 0 spiro atoms. The Kier molecular flexibility index (Phi) is 3.00. The average molecular weight is 383 g/mol. The van der Waals surface area contributed by atoms with Gasteiger partial charge in [-0.3, -0.25) is 4.98 Å². The van der Waals surface area contributed by atoms with E-state index in [4.69, 9.17) is 0 Å². The molecule has 0 fully saturated rings. The zero-order valence-electron chi connectivity index (χ0n) is 16.2. The third kappa shape index (κ3) is 1.96. The molecule has 0 aliphatic heterocycles. The second kappa shape index (κ2) is 5.71. The molecular formula is C27H17N3. The highest BCUT2D eigenvalue weighted by atomic mass is 15.0. The van der Waals surface area contributed by atoms with E-state index in [2.05, 4.69) is 105 Å². The van der Waals surface area contributed by atoms with Crippen LogP contribution in [0.4, 0.5) is 0 Å². The van der Waals surface area contributed by atoms with Gasteiger partial charge in [-0.2, -0.15) is 0 Å². The fourth-order valence-electron chi connectivity index (χ4n) is 4.89. The van der Waals surface area contributed by atoms with Crippen LogP contribution in [-0.4, -0.2) is 13.8 Å². The molecule has 3 nitrogen and oxygen atoms in total. The maximum Gasteiger partial charge on any atom is 0.0725 e. The first-order valence-electron chi connectivity index (χ1n) is 10.2. The third-order valence-electron chi connectivity index (χ3n) is 6.16. The number of benzene rings is 3. The summed E-state index contributed by atoms with van der Waals surface area (Å²) in [6, 6.07) is 32.6. The van der Waals surface area contributed by atoms with Crippen LogP contribution in [0.5, 0.6) is 0 Å². The van der Waals surface area contributed by atoms with E-state index >= 15 is 0 Å². The molecule has 4 heterocycles. The topological polar surface area (TPSA) is 21.7 Å². The molecule has 4 aromatic heterocycles. The van der Waals surface area contributed by atoms with Gasteiger partial charge in [-0.05, 0) is 36.4 Å². The van der Waals surface area contributed by atoms with Crippen molar-refractivity contribution in [3.8, 4) is 0 Å². The molecule has 0 atom stereocenters. The number of hydrogen-bond acceptors (Lipinski definition) is 1. The molecule has 0 aliphatic rings. The lowest BCUT2D eigenvalue weighted by atomic mass is 10.1. The maximum atomic E-state index is 4.50. The first-order chi connectivity index (χ1) is 14.9. The molecule has 140 valence electrons. The number of fused-ring (bicyclic) bond motifs is 12. The first kappa shape index (κ1) is 15.8. The lowest BCUT2D eigenvalue weighted by Gasteiger charge is -2.09. The van der Waals surface area contributed by atoms with E-state index in [9.17, 15) is 0 Å². The summed E-state index contributed by atoms with van der Waals surface area (Å²) in [6.07, 6.45) is 3.87. The van der Waals surface area contributed by atoms with Crippen molar-refractivity contribution in [2.75, 3.05) is 0 Å². The van der Waals surface area contributed by atoms with Crippen molar-refractivity contribution in [1.29, 1.82) is 0 Å². The first-order valence-corrected chi connectivity index (χ1v) is 10.2. The molecular weight excluding hydrogens is 366 g/mol. The number of rotatable bonds is 0. The quantitative estimate of drug-likeness (QED) is 0.283. The van der Waals surface area contributed by atoms with E-state index in [1.807, 2.05) is 12.4 Å². The summed E-state index contributed by atoms with van der Waals surface area (Å²) in [7, 11) is 0. The number of hydrogen-bond donors (Lipinski definition) is 0. The average Bonchev–Trinajstić information content (AvgIpc) is 3.36. The smallest absolute Gasteiger partial charge is 0.0725 e. The Labute approximate surface area is 172 Å². The summed E-state index contributed by atoms with van der Waals surface area (Å²) in [5.41, 5.74) is 7.08. The fourth-order valence-corrected chi connectivity index (χ4v) is 4.89. The van der Waals surface area contributed by atoms with Crippen LogP contribution in [0.15, 0.2) is 103 Å². The van der Waals surface area contributed by atoms with Crippen LogP contribution in [0.25, 0.3) is 54.6 Å². The van der Waals surface area contributed by atoms with Gasteiger partial charge in [0.25, 0.3) is 0 Å². The zero-order chi connectivity index (χ0) is 19.7. The van der Waals surface area contributed by atoms with E-state index in [1.165, 1.54) is 49.1 Å². The van der Waals surface area contributed by atoms with Gasteiger partial charge in [0.1, 0.15) is 0 Å². The molecule has 0 saturated carbocycles. The second-order valence-corrected chi connectivity index (χ2v) is 7.76. The Hall–Kier alpha value is -4.11. The van der Waals surface area contributed by atoms with Gasteiger partial charge in [0.2, 0.25) is 0 Å². The minimum Gasteiger partial charge on any atom is -0.307 e. The SMILES string of the molecule is c1ccc2c(c1)cc1c3cc4ccccc4n3c3cnccc3c3ccccc3n21. The Morgan fingerprint density at radius 2 is 1.00 bits per heavy atom. The van der Waals surface area contributed by atoms with Gasteiger partial charge in [0.15, 0.2) is 0 Å². The Morgan fingerprint density at radius 1 is 0.467 bits per heavy atom. The van der Waals surface area contributed by atoms with Gasteiger partial charge in [0.05, 0.1) is 39.3 Å². The highest BCUT2D eigenvalue weighted by molar-refractivity contribution is 6.10. The fraction of sp³-hybridized carbons (Fsp3) is 0. The largest absolute Gasteiger partial charge is 0.307 e. The van der Waals surface area contributed by atoms with E-state index in [0.717, 1.165) is 5.52 Å². The van der Waals surface area contributed by atoms with E-state index < -0.39 is 0 Å². The van der Waals surface area contributed by atoms with Gasteiger partial charge in [0, 0.05) is 27.7 Å². The van der Waals surface area contributed by atoms with Crippen molar-refractivity contribution in [1.82, 2.24) is 13.8 Å². The predicted octanol–water partition coefficient (Wildman–Crippen LogP) is 6.76. The van der Waals surface area contributed by atoms with Crippen molar-refractivity contribution >= 4 is 54.6 Å². The molecule has 3 aromatic carbocycles. The van der Waals surface area contributed by atoms with Crippen LogP contribution in [0.1, 0.15) is 0 Å². The van der Waals surface area contributed by atoms with Crippen LogP contribution >= 0.6 is 0 Å². The van der Waals surface area contributed by atoms with Crippen molar-refractivity contribution < 1.29 is 0 Å². The van der Waals surface area contributed by atoms with Crippen molar-refractivity contribution in [2.45, 2.75) is 0 Å². The zero-order valence-corrected chi connectivity index (χ0v) is 16.2. The minimum absolute atomic E-state index is 1.11. The number of aromatic nitrogens is 3. The predicted molar refractivity (Wildman–Crippen MR) is 125 cm³/mol. The van der Waals surface area contributed by atoms with E-state index in [-0.39, 0.29) is 0 Å². The van der Waals surface area contributed by atoms with E-state index in [0.29, 0.717) is 0 Å². The molecule has 0 bridgehead atoms. The van der Waals surface area contributed by atoms with Gasteiger partial charge in [-0.1, -0.05) is 54.6 Å². The molecule has 0 saturated heterocycles. The van der Waals surface area contributed by atoms with Crippen LogP contribution in [0.3, 0.4) is 0 Å². The van der Waals surface area contributed by atoms with Crippen LogP contribution in [0.2, 0.25) is 0 Å². The molecule has 0 N–H and O–H groups in total. The van der Waals surface area contributed by atoms with Crippen LogP contribution < -0.4 is 0 Å². The normalized spacial score (nSPS) is 12.0. The lowest BCUT2D eigenvalue weighted by molar-refractivity contribution is 1.27.